The highest BCUT2D eigenvalue weighted by atomic mass is 16.6. The van der Waals surface area contributed by atoms with Crippen molar-refractivity contribution >= 4 is 11.9 Å². The lowest BCUT2D eigenvalue weighted by Gasteiger charge is -2.37. The highest BCUT2D eigenvalue weighted by molar-refractivity contribution is 5.82. The van der Waals surface area contributed by atoms with E-state index < -0.39 is 5.60 Å². The number of hydrogen-bond acceptors (Lipinski definition) is 4. The van der Waals surface area contributed by atoms with E-state index in [0.717, 1.165) is 19.4 Å². The number of Topliss-reactive ketones (excluding diaryl/α,β-unsaturated/α-hetero) is 1. The van der Waals surface area contributed by atoms with Crippen molar-refractivity contribution in [2.75, 3.05) is 19.6 Å². The summed E-state index contributed by atoms with van der Waals surface area (Å²) in [5.41, 5.74) is -0.472. The van der Waals surface area contributed by atoms with Crippen LogP contribution in [0.25, 0.3) is 0 Å². The first-order valence-corrected chi connectivity index (χ1v) is 7.11. The van der Waals surface area contributed by atoms with E-state index in [-0.39, 0.29) is 18.1 Å². The molecule has 0 aromatic rings. The molecule has 1 amide bonds. The van der Waals surface area contributed by atoms with Crippen LogP contribution in [0.3, 0.4) is 0 Å². The number of rotatable bonds is 0. The van der Waals surface area contributed by atoms with Gasteiger partial charge in [0.2, 0.25) is 0 Å². The minimum Gasteiger partial charge on any atom is -0.444 e. The topological polar surface area (TPSA) is 58.6 Å². The zero-order valence-corrected chi connectivity index (χ0v) is 12.1. The number of hydrogen-bond donors (Lipinski definition) is 1. The molecule has 2 aliphatic rings. The van der Waals surface area contributed by atoms with Crippen LogP contribution in [-0.4, -0.2) is 48.1 Å². The van der Waals surface area contributed by atoms with Crippen LogP contribution in [0.5, 0.6) is 0 Å². The van der Waals surface area contributed by atoms with Gasteiger partial charge in [-0.3, -0.25) is 4.79 Å². The molecule has 5 heteroatoms. The summed E-state index contributed by atoms with van der Waals surface area (Å²) in [5.74, 6) is 0.417. The summed E-state index contributed by atoms with van der Waals surface area (Å²) < 4.78 is 5.39. The van der Waals surface area contributed by atoms with Crippen molar-refractivity contribution in [3.63, 3.8) is 0 Å². The summed E-state index contributed by atoms with van der Waals surface area (Å²) in [5, 5.41) is 3.39. The number of ketones is 1. The smallest absolute Gasteiger partial charge is 0.410 e. The summed E-state index contributed by atoms with van der Waals surface area (Å²) in [6.07, 6.45) is 2.04. The molecule has 2 unspecified atom stereocenters. The van der Waals surface area contributed by atoms with Gasteiger partial charge >= 0.3 is 6.09 Å². The van der Waals surface area contributed by atoms with Gasteiger partial charge in [0, 0.05) is 31.5 Å². The first kappa shape index (κ1) is 14.3. The molecule has 2 saturated heterocycles. The van der Waals surface area contributed by atoms with Gasteiger partial charge < -0.3 is 15.0 Å². The van der Waals surface area contributed by atoms with E-state index in [9.17, 15) is 9.59 Å². The largest absolute Gasteiger partial charge is 0.444 e. The number of ether oxygens (including phenoxy) is 1. The van der Waals surface area contributed by atoms with Crippen molar-refractivity contribution in [2.45, 2.75) is 51.7 Å². The lowest BCUT2D eigenvalue weighted by atomic mass is 9.87. The molecule has 0 aliphatic carbocycles. The molecule has 0 aromatic heterocycles. The van der Waals surface area contributed by atoms with Crippen molar-refractivity contribution in [3.05, 3.63) is 0 Å². The Morgan fingerprint density at radius 3 is 2.84 bits per heavy atom. The second-order valence-corrected chi connectivity index (χ2v) is 6.45. The highest BCUT2D eigenvalue weighted by Gasteiger charge is 2.37. The third-order valence-corrected chi connectivity index (χ3v) is 3.68. The molecule has 0 radical (unpaired) electrons. The fourth-order valence-corrected chi connectivity index (χ4v) is 2.77. The molecular weight excluding hydrogens is 244 g/mol. The van der Waals surface area contributed by atoms with Gasteiger partial charge in [0.25, 0.3) is 0 Å². The minimum atomic E-state index is -0.472. The van der Waals surface area contributed by atoms with E-state index >= 15 is 0 Å². The molecule has 2 atom stereocenters. The molecule has 0 saturated carbocycles. The Morgan fingerprint density at radius 2 is 2.16 bits per heavy atom. The predicted octanol–water partition coefficient (Wildman–Crippen LogP) is 1.56. The number of piperidine rings is 1. The third-order valence-electron chi connectivity index (χ3n) is 3.68. The molecule has 1 N–H and O–H groups in total. The zero-order chi connectivity index (χ0) is 14.0. The van der Waals surface area contributed by atoms with E-state index in [0.29, 0.717) is 25.3 Å². The number of nitrogens with one attached hydrogen (secondary N) is 1. The summed E-state index contributed by atoms with van der Waals surface area (Å²) in [6.45, 7) is 7.64. The molecule has 108 valence electrons. The van der Waals surface area contributed by atoms with Crippen molar-refractivity contribution in [1.29, 1.82) is 0 Å². The van der Waals surface area contributed by atoms with Gasteiger partial charge in [0.1, 0.15) is 11.4 Å². The van der Waals surface area contributed by atoms with Crippen LogP contribution in [0.15, 0.2) is 0 Å². The molecule has 2 rings (SSSR count). The van der Waals surface area contributed by atoms with Gasteiger partial charge in [0.05, 0.1) is 0 Å². The van der Waals surface area contributed by atoms with Gasteiger partial charge in [-0.25, -0.2) is 4.79 Å². The molecular formula is C14H24N2O3. The Labute approximate surface area is 114 Å². The van der Waals surface area contributed by atoms with Crippen molar-refractivity contribution in [3.8, 4) is 0 Å². The number of likely N-dealkylation sites (tertiary alicyclic amines) is 1. The number of carbonyl (C=O) groups is 2. The van der Waals surface area contributed by atoms with Crippen molar-refractivity contribution in [2.24, 2.45) is 5.92 Å². The Balaban J connectivity index is 1.97. The summed E-state index contributed by atoms with van der Waals surface area (Å²) in [4.78, 5) is 25.7. The monoisotopic (exact) mass is 268 g/mol. The molecule has 2 fully saturated rings. The van der Waals surface area contributed by atoms with E-state index in [2.05, 4.69) is 5.32 Å². The quantitative estimate of drug-likeness (QED) is 0.724. The Bertz CT molecular complexity index is 362. The van der Waals surface area contributed by atoms with Crippen LogP contribution < -0.4 is 5.32 Å². The highest BCUT2D eigenvalue weighted by Crippen LogP contribution is 2.24. The van der Waals surface area contributed by atoms with Gasteiger partial charge in [-0.05, 0) is 40.2 Å². The molecule has 2 aliphatic heterocycles. The average Bonchev–Trinajstić information content (AvgIpc) is 2.49. The lowest BCUT2D eigenvalue weighted by molar-refractivity contribution is -0.124. The molecule has 0 bridgehead atoms. The molecule has 5 nitrogen and oxygen atoms in total. The normalized spacial score (nSPS) is 28.6. The number of fused-ring (bicyclic) bond motifs is 1. The van der Waals surface area contributed by atoms with Gasteiger partial charge in [-0.1, -0.05) is 0 Å². The third kappa shape index (κ3) is 3.69. The van der Waals surface area contributed by atoms with E-state index in [1.54, 1.807) is 4.90 Å². The minimum absolute atomic E-state index is 0.0705. The maximum Gasteiger partial charge on any atom is 0.410 e. The van der Waals surface area contributed by atoms with Gasteiger partial charge in [-0.15, -0.1) is 0 Å². The standard InChI is InChI=1S/C14H24N2O3/c1-14(2,3)19-13(18)16-8-6-10-11(9-16)15-7-4-5-12(10)17/h10-11,15H,4-9H2,1-3H3. The second-order valence-electron chi connectivity index (χ2n) is 6.45. The summed E-state index contributed by atoms with van der Waals surface area (Å²) in [6, 6.07) is 0.0938. The van der Waals surface area contributed by atoms with Crippen molar-refractivity contribution < 1.29 is 14.3 Å². The molecule has 0 spiro atoms. The van der Waals surface area contributed by atoms with Crippen LogP contribution in [0.2, 0.25) is 0 Å². The molecule has 0 aromatic carbocycles. The Kier molecular flexibility index (Phi) is 4.13. The number of amides is 1. The summed E-state index contributed by atoms with van der Waals surface area (Å²) in [7, 11) is 0. The zero-order valence-electron chi connectivity index (χ0n) is 12.1. The SMILES string of the molecule is CC(C)(C)OC(=O)N1CCC2C(=O)CCCNC2C1. The molecule has 19 heavy (non-hydrogen) atoms. The fraction of sp³-hybridized carbons (Fsp3) is 0.857. The summed E-state index contributed by atoms with van der Waals surface area (Å²) >= 11 is 0. The van der Waals surface area contributed by atoms with Crippen molar-refractivity contribution in [1.82, 2.24) is 10.2 Å². The Morgan fingerprint density at radius 1 is 1.42 bits per heavy atom. The van der Waals surface area contributed by atoms with Crippen LogP contribution in [-0.2, 0) is 9.53 Å². The van der Waals surface area contributed by atoms with E-state index in [1.165, 1.54) is 0 Å². The second kappa shape index (κ2) is 5.49. The first-order valence-electron chi connectivity index (χ1n) is 7.11. The predicted molar refractivity (Wildman–Crippen MR) is 71.9 cm³/mol. The van der Waals surface area contributed by atoms with Crippen LogP contribution in [0, 0.1) is 5.92 Å². The maximum absolute atomic E-state index is 12.0. The van der Waals surface area contributed by atoms with Gasteiger partial charge in [0.15, 0.2) is 0 Å². The van der Waals surface area contributed by atoms with Crippen LogP contribution >= 0.6 is 0 Å². The number of carbonyl (C=O) groups excluding carboxylic acids is 2. The Hall–Kier alpha value is -1.10. The van der Waals surface area contributed by atoms with Gasteiger partial charge in [-0.2, -0.15) is 0 Å². The number of nitrogens with zero attached hydrogens (tertiary/aromatic N) is 1. The van der Waals surface area contributed by atoms with E-state index in [1.807, 2.05) is 20.8 Å². The van der Waals surface area contributed by atoms with Crippen LogP contribution in [0.4, 0.5) is 4.79 Å². The fourth-order valence-electron chi connectivity index (χ4n) is 2.77. The maximum atomic E-state index is 12.0. The van der Waals surface area contributed by atoms with Crippen LogP contribution in [0.1, 0.15) is 40.0 Å². The molecule has 2 heterocycles. The lowest BCUT2D eigenvalue weighted by Crippen LogP contribution is -2.54. The first-order chi connectivity index (χ1) is 8.87. The van der Waals surface area contributed by atoms with E-state index in [4.69, 9.17) is 4.74 Å². The average molecular weight is 268 g/mol.